The molecule has 0 spiro atoms. The molecular formula is C11H9BrN2. The summed E-state index contributed by atoms with van der Waals surface area (Å²) in [5.41, 5.74) is 3.22. The molecule has 1 aromatic carbocycles. The number of rotatable bonds is 1. The fraction of sp³-hybridized carbons (Fsp3) is 0.0909. The first-order valence-electron chi connectivity index (χ1n) is 4.30. The normalized spacial score (nSPS) is 10.1. The number of halogens is 1. The molecule has 2 rings (SSSR count). The van der Waals surface area contributed by atoms with Crippen molar-refractivity contribution in [3.05, 3.63) is 46.8 Å². The average molecular weight is 249 g/mol. The molecule has 1 heterocycles. The Kier molecular flexibility index (Phi) is 2.59. The molecule has 0 aliphatic carbocycles. The van der Waals surface area contributed by atoms with E-state index in [2.05, 4.69) is 45.0 Å². The van der Waals surface area contributed by atoms with Crippen molar-refractivity contribution in [2.45, 2.75) is 6.92 Å². The number of benzene rings is 1. The highest BCUT2D eigenvalue weighted by atomic mass is 79.9. The van der Waals surface area contributed by atoms with Crippen molar-refractivity contribution in [3.8, 4) is 11.3 Å². The molecule has 1 aromatic heterocycles. The minimum Gasteiger partial charge on any atom is -0.260 e. The van der Waals surface area contributed by atoms with Gasteiger partial charge < -0.3 is 0 Å². The standard InChI is InChI=1S/C11H9BrN2/c1-8-2-4-9(5-3-8)10-6-13-7-11(12)14-10/h2-7H,1H3. The Morgan fingerprint density at radius 2 is 1.79 bits per heavy atom. The second-order valence-corrected chi connectivity index (χ2v) is 3.91. The van der Waals surface area contributed by atoms with Crippen molar-refractivity contribution >= 4 is 15.9 Å². The second-order valence-electron chi connectivity index (χ2n) is 3.09. The summed E-state index contributed by atoms with van der Waals surface area (Å²) in [6, 6.07) is 8.23. The molecule has 0 saturated carbocycles. The van der Waals surface area contributed by atoms with E-state index in [0.717, 1.165) is 15.9 Å². The van der Waals surface area contributed by atoms with Gasteiger partial charge in [0.25, 0.3) is 0 Å². The maximum absolute atomic E-state index is 4.33. The van der Waals surface area contributed by atoms with Crippen LogP contribution in [0.25, 0.3) is 11.3 Å². The first-order chi connectivity index (χ1) is 6.75. The molecule has 2 aromatic rings. The van der Waals surface area contributed by atoms with Gasteiger partial charge in [0.2, 0.25) is 0 Å². The van der Waals surface area contributed by atoms with E-state index in [4.69, 9.17) is 0 Å². The van der Waals surface area contributed by atoms with Crippen LogP contribution >= 0.6 is 15.9 Å². The molecule has 0 aliphatic heterocycles. The minimum absolute atomic E-state index is 0.760. The third-order valence-corrected chi connectivity index (χ3v) is 2.33. The molecule has 0 amide bonds. The summed E-state index contributed by atoms with van der Waals surface area (Å²) in [4.78, 5) is 8.40. The zero-order chi connectivity index (χ0) is 9.97. The highest BCUT2D eigenvalue weighted by Crippen LogP contribution is 2.18. The van der Waals surface area contributed by atoms with Gasteiger partial charge in [-0.3, -0.25) is 4.98 Å². The van der Waals surface area contributed by atoms with E-state index in [1.807, 2.05) is 12.1 Å². The summed E-state index contributed by atoms with van der Waals surface area (Å²) < 4.78 is 0.760. The molecule has 14 heavy (non-hydrogen) atoms. The lowest BCUT2D eigenvalue weighted by Gasteiger charge is -2.00. The van der Waals surface area contributed by atoms with Crippen molar-refractivity contribution in [1.82, 2.24) is 9.97 Å². The summed E-state index contributed by atoms with van der Waals surface area (Å²) in [5, 5.41) is 0. The molecule has 0 fully saturated rings. The van der Waals surface area contributed by atoms with E-state index in [9.17, 15) is 0 Å². The number of hydrogen-bond acceptors (Lipinski definition) is 2. The van der Waals surface area contributed by atoms with Crippen molar-refractivity contribution in [3.63, 3.8) is 0 Å². The van der Waals surface area contributed by atoms with Gasteiger partial charge in [-0.2, -0.15) is 0 Å². The maximum atomic E-state index is 4.33. The molecule has 0 atom stereocenters. The smallest absolute Gasteiger partial charge is 0.125 e. The highest BCUT2D eigenvalue weighted by Gasteiger charge is 1.99. The third kappa shape index (κ3) is 1.99. The molecule has 3 heteroatoms. The summed E-state index contributed by atoms with van der Waals surface area (Å²) in [7, 11) is 0. The van der Waals surface area contributed by atoms with Crippen molar-refractivity contribution < 1.29 is 0 Å². The van der Waals surface area contributed by atoms with Crippen LogP contribution in [0.4, 0.5) is 0 Å². The molecule has 0 radical (unpaired) electrons. The Balaban J connectivity index is 2.44. The van der Waals surface area contributed by atoms with Crippen molar-refractivity contribution in [2.75, 3.05) is 0 Å². The first-order valence-corrected chi connectivity index (χ1v) is 5.09. The first kappa shape index (κ1) is 9.34. The van der Waals surface area contributed by atoms with Crippen molar-refractivity contribution in [2.24, 2.45) is 0 Å². The monoisotopic (exact) mass is 248 g/mol. The zero-order valence-corrected chi connectivity index (χ0v) is 9.32. The fourth-order valence-corrected chi connectivity index (χ4v) is 1.51. The predicted molar refractivity (Wildman–Crippen MR) is 59.9 cm³/mol. The van der Waals surface area contributed by atoms with Gasteiger partial charge in [-0.05, 0) is 22.9 Å². The molecule has 0 aliphatic rings. The summed E-state index contributed by atoms with van der Waals surface area (Å²) >= 11 is 3.30. The second kappa shape index (κ2) is 3.88. The lowest BCUT2D eigenvalue weighted by Crippen LogP contribution is -1.86. The minimum atomic E-state index is 0.760. The Morgan fingerprint density at radius 1 is 1.07 bits per heavy atom. The molecule has 0 saturated heterocycles. The van der Waals surface area contributed by atoms with E-state index in [0.29, 0.717) is 0 Å². The number of nitrogens with zero attached hydrogens (tertiary/aromatic N) is 2. The topological polar surface area (TPSA) is 25.8 Å². The van der Waals surface area contributed by atoms with Gasteiger partial charge in [0.1, 0.15) is 4.60 Å². The molecular weight excluding hydrogens is 240 g/mol. The van der Waals surface area contributed by atoms with Gasteiger partial charge in [-0.1, -0.05) is 29.8 Å². The molecule has 70 valence electrons. The molecule has 0 N–H and O–H groups in total. The average Bonchev–Trinajstić information content (AvgIpc) is 2.19. The largest absolute Gasteiger partial charge is 0.260 e. The summed E-state index contributed by atoms with van der Waals surface area (Å²) in [6.45, 7) is 2.07. The van der Waals surface area contributed by atoms with Crippen LogP contribution in [0.3, 0.4) is 0 Å². The van der Waals surface area contributed by atoms with Gasteiger partial charge in [0.05, 0.1) is 18.1 Å². The molecule has 0 bridgehead atoms. The Hall–Kier alpha value is -1.22. The fourth-order valence-electron chi connectivity index (χ4n) is 1.21. The Labute approximate surface area is 91.2 Å². The van der Waals surface area contributed by atoms with Crippen LogP contribution in [0.1, 0.15) is 5.56 Å². The highest BCUT2D eigenvalue weighted by molar-refractivity contribution is 9.10. The lowest BCUT2D eigenvalue weighted by molar-refractivity contribution is 1.17. The lowest BCUT2D eigenvalue weighted by atomic mass is 10.1. The van der Waals surface area contributed by atoms with Crippen LogP contribution in [0.2, 0.25) is 0 Å². The van der Waals surface area contributed by atoms with Crippen LogP contribution in [0.15, 0.2) is 41.3 Å². The van der Waals surface area contributed by atoms with Crippen LogP contribution in [-0.4, -0.2) is 9.97 Å². The van der Waals surface area contributed by atoms with Crippen LogP contribution in [0, 0.1) is 6.92 Å². The van der Waals surface area contributed by atoms with Gasteiger partial charge in [-0.15, -0.1) is 0 Å². The Morgan fingerprint density at radius 3 is 2.43 bits per heavy atom. The summed E-state index contributed by atoms with van der Waals surface area (Å²) in [6.07, 6.45) is 3.44. The van der Waals surface area contributed by atoms with Gasteiger partial charge in [-0.25, -0.2) is 4.98 Å². The van der Waals surface area contributed by atoms with E-state index in [-0.39, 0.29) is 0 Å². The van der Waals surface area contributed by atoms with E-state index in [1.165, 1.54) is 5.56 Å². The zero-order valence-electron chi connectivity index (χ0n) is 7.74. The SMILES string of the molecule is Cc1ccc(-c2cncc(Br)n2)cc1. The van der Waals surface area contributed by atoms with Crippen LogP contribution in [0.5, 0.6) is 0 Å². The van der Waals surface area contributed by atoms with Gasteiger partial charge in [0.15, 0.2) is 0 Å². The quantitative estimate of drug-likeness (QED) is 0.775. The number of hydrogen-bond donors (Lipinski definition) is 0. The predicted octanol–water partition coefficient (Wildman–Crippen LogP) is 3.21. The van der Waals surface area contributed by atoms with Crippen molar-refractivity contribution in [1.29, 1.82) is 0 Å². The van der Waals surface area contributed by atoms with Gasteiger partial charge in [0, 0.05) is 5.56 Å². The van der Waals surface area contributed by atoms with Crippen LogP contribution in [-0.2, 0) is 0 Å². The van der Waals surface area contributed by atoms with Crippen LogP contribution < -0.4 is 0 Å². The number of aromatic nitrogens is 2. The molecule has 0 unspecified atom stereocenters. The third-order valence-electron chi connectivity index (χ3n) is 1.95. The Bertz CT molecular complexity index is 437. The van der Waals surface area contributed by atoms with E-state index < -0.39 is 0 Å². The van der Waals surface area contributed by atoms with E-state index in [1.54, 1.807) is 12.4 Å². The molecule has 2 nitrogen and oxygen atoms in total. The summed E-state index contributed by atoms with van der Waals surface area (Å²) in [5.74, 6) is 0. The number of aryl methyl sites for hydroxylation is 1. The maximum Gasteiger partial charge on any atom is 0.125 e. The van der Waals surface area contributed by atoms with E-state index >= 15 is 0 Å². The van der Waals surface area contributed by atoms with Gasteiger partial charge >= 0.3 is 0 Å².